The minimum absolute atomic E-state index is 0.940. The van der Waals surface area contributed by atoms with Gasteiger partial charge in [0.2, 0.25) is 0 Å². The SMILES string of the molecule is Bc1c(B)c(B)c(-c2ccc(-c3c4c(B)c(B)c(B)c(B)c4c(-c4ccc(-c5nc6ccccc6n5-c5ccc6ccccc6c5)cc4)c4c(B)c(B)c(B)c(B)c34)cc2)c(B)c1B. The van der Waals surface area contributed by atoms with E-state index in [-0.39, 0.29) is 0 Å². The average Bonchev–Trinajstić information content (AvgIpc) is 3.71. The molecule has 0 aliphatic carbocycles. The number of nitrogens with zero attached hydrogens (tertiary/aromatic N) is 2. The summed E-state index contributed by atoms with van der Waals surface area (Å²) in [5, 5.41) is 7.87. The molecule has 0 bridgehead atoms. The molecular weight excluding hydrogens is 757 g/mol. The van der Waals surface area contributed by atoms with Crippen LogP contribution < -0.4 is 71.0 Å². The first kappa shape index (κ1) is 42.0. The molecular formula is C49H45B13N2. The van der Waals surface area contributed by atoms with E-state index in [1.165, 1.54) is 137 Å². The largest absolute Gasteiger partial charge is 0.292 e. The number of hydrogen-bond donors (Lipinski definition) is 0. The van der Waals surface area contributed by atoms with Crippen molar-refractivity contribution in [2.45, 2.75) is 0 Å². The molecule has 0 saturated carbocycles. The maximum absolute atomic E-state index is 5.29. The standard InChI is InChI=1S/C49H45B13N2/c50-36-31(37(51)43(57)48(62)42(36)56)23-11-9-21(10-12-23)29-32-34(40(54)46(60)44(58)38(32)52)30(35-33(29)39(53)45(59)47(61)41(35)55)22-13-15-24(16-14-22)49-63-27-7-3-4-8-28(27)64(49)26-18-17-20-5-1-2-6-25(20)19-26/h1-19H,50-62H2. The van der Waals surface area contributed by atoms with Crippen molar-refractivity contribution in [1.29, 1.82) is 0 Å². The second-order valence-corrected chi connectivity index (χ2v) is 18.7. The average molecular weight is 802 g/mol. The fourth-order valence-electron chi connectivity index (χ4n) is 11.0. The lowest BCUT2D eigenvalue weighted by molar-refractivity contribution is 1.11. The Hall–Kier alpha value is -5.93. The molecule has 2 nitrogen and oxygen atoms in total. The van der Waals surface area contributed by atoms with Gasteiger partial charge in [-0.2, -0.15) is 0 Å². The zero-order valence-electron chi connectivity index (χ0n) is 39.9. The summed E-state index contributed by atoms with van der Waals surface area (Å²) in [5.41, 5.74) is 29.9. The number of fused-ring (bicyclic) bond motifs is 4. The minimum Gasteiger partial charge on any atom is -0.292 e. The number of para-hydroxylation sites is 2. The van der Waals surface area contributed by atoms with Crippen LogP contribution in [0.25, 0.3) is 93.8 Å². The van der Waals surface area contributed by atoms with E-state index in [0.717, 1.165) is 28.1 Å². The zero-order chi connectivity index (χ0) is 45.0. The van der Waals surface area contributed by atoms with Gasteiger partial charge in [-0.15, -0.1) is 38.2 Å². The van der Waals surface area contributed by atoms with E-state index >= 15 is 0 Å². The first-order valence-electron chi connectivity index (χ1n) is 22.9. The molecule has 0 spiro atoms. The van der Waals surface area contributed by atoms with E-state index in [1.54, 1.807) is 0 Å². The lowest BCUT2D eigenvalue weighted by atomic mass is 9.59. The molecule has 0 atom stereocenters. The molecule has 10 aromatic rings. The van der Waals surface area contributed by atoms with Crippen molar-refractivity contribution in [3.63, 3.8) is 0 Å². The predicted molar refractivity (Wildman–Crippen MR) is 322 cm³/mol. The molecule has 0 N–H and O–H groups in total. The van der Waals surface area contributed by atoms with Crippen LogP contribution in [0.3, 0.4) is 0 Å². The predicted octanol–water partition coefficient (Wildman–Crippen LogP) is -9.49. The Morgan fingerprint density at radius 3 is 1.17 bits per heavy atom. The molecule has 1 heterocycles. The van der Waals surface area contributed by atoms with Gasteiger partial charge in [0, 0.05) is 11.3 Å². The van der Waals surface area contributed by atoms with Crippen molar-refractivity contribution in [1.82, 2.24) is 9.55 Å². The Balaban J connectivity index is 1.24. The Bertz CT molecular complexity index is 3530. The van der Waals surface area contributed by atoms with Crippen molar-refractivity contribution >= 4 is 216 Å². The van der Waals surface area contributed by atoms with Crippen LogP contribution in [-0.2, 0) is 0 Å². The molecule has 10 rings (SSSR count). The number of benzene rings is 9. The summed E-state index contributed by atoms with van der Waals surface area (Å²) in [6.07, 6.45) is 0. The highest BCUT2D eigenvalue weighted by atomic mass is 15.1. The molecule has 290 valence electrons. The molecule has 0 aliphatic heterocycles. The highest BCUT2D eigenvalue weighted by Gasteiger charge is 2.26. The molecule has 0 radical (unpaired) electrons. The number of aromatic nitrogens is 2. The van der Waals surface area contributed by atoms with Crippen LogP contribution in [0, 0.1) is 0 Å². The summed E-state index contributed by atoms with van der Waals surface area (Å²) in [6.45, 7) is 0. The smallest absolute Gasteiger partial charge is 0.145 e. The van der Waals surface area contributed by atoms with E-state index < -0.39 is 0 Å². The number of rotatable bonds is 5. The van der Waals surface area contributed by atoms with E-state index in [1.807, 2.05) is 0 Å². The second kappa shape index (κ2) is 15.7. The molecule has 64 heavy (non-hydrogen) atoms. The molecule has 0 aliphatic rings. The van der Waals surface area contributed by atoms with Crippen molar-refractivity contribution in [2.24, 2.45) is 0 Å². The lowest BCUT2D eigenvalue weighted by Gasteiger charge is -2.28. The summed E-state index contributed by atoms with van der Waals surface area (Å²) < 4.78 is 2.32. The zero-order valence-corrected chi connectivity index (χ0v) is 39.9. The van der Waals surface area contributed by atoms with Crippen LogP contribution in [0.5, 0.6) is 0 Å². The van der Waals surface area contributed by atoms with Crippen molar-refractivity contribution in [3.05, 3.63) is 115 Å². The van der Waals surface area contributed by atoms with Gasteiger partial charge in [-0.25, -0.2) is 4.98 Å². The maximum atomic E-state index is 5.29. The summed E-state index contributed by atoms with van der Waals surface area (Å²) in [5.74, 6) is 0.940. The van der Waals surface area contributed by atoms with Crippen molar-refractivity contribution < 1.29 is 0 Å². The van der Waals surface area contributed by atoms with Crippen LogP contribution in [0.15, 0.2) is 115 Å². The number of imidazole rings is 1. The van der Waals surface area contributed by atoms with Crippen LogP contribution >= 0.6 is 0 Å². The Kier molecular flexibility index (Phi) is 10.3. The van der Waals surface area contributed by atoms with Gasteiger partial charge < -0.3 is 0 Å². The van der Waals surface area contributed by atoms with Gasteiger partial charge in [-0.05, 0) is 90.0 Å². The Labute approximate surface area is 389 Å². The van der Waals surface area contributed by atoms with E-state index in [0.29, 0.717) is 0 Å². The minimum atomic E-state index is 0.940. The fourth-order valence-corrected chi connectivity index (χ4v) is 11.0. The van der Waals surface area contributed by atoms with Crippen LogP contribution in [0.2, 0.25) is 0 Å². The van der Waals surface area contributed by atoms with Gasteiger partial charge in [0.15, 0.2) is 0 Å². The summed E-state index contributed by atoms with van der Waals surface area (Å²) in [4.78, 5) is 5.29. The molecule has 1 aromatic heterocycles. The third-order valence-corrected chi connectivity index (χ3v) is 15.8. The highest BCUT2D eigenvalue weighted by molar-refractivity contribution is 6.72. The van der Waals surface area contributed by atoms with E-state index in [2.05, 4.69) is 222 Å². The molecule has 0 fully saturated rings. The van der Waals surface area contributed by atoms with Gasteiger partial charge in [0.05, 0.1) is 11.0 Å². The van der Waals surface area contributed by atoms with Gasteiger partial charge in [-0.3, -0.25) is 4.57 Å². The normalized spacial score (nSPS) is 11.6. The van der Waals surface area contributed by atoms with Crippen LogP contribution in [0.1, 0.15) is 0 Å². The van der Waals surface area contributed by atoms with Crippen molar-refractivity contribution in [2.75, 3.05) is 0 Å². The number of hydrogen-bond acceptors (Lipinski definition) is 1. The van der Waals surface area contributed by atoms with Crippen molar-refractivity contribution in [3.8, 4) is 50.5 Å². The highest BCUT2D eigenvalue weighted by Crippen LogP contribution is 2.42. The van der Waals surface area contributed by atoms with Crippen LogP contribution in [0.4, 0.5) is 0 Å². The second-order valence-electron chi connectivity index (χ2n) is 18.7. The third kappa shape index (κ3) is 6.24. The summed E-state index contributed by atoms with van der Waals surface area (Å²) >= 11 is 0. The summed E-state index contributed by atoms with van der Waals surface area (Å²) in [6, 6.07) is 42.6. The fraction of sp³-hybridized carbons (Fsp3) is 0. The lowest BCUT2D eigenvalue weighted by Crippen LogP contribution is -2.55. The molecule has 15 heteroatoms. The van der Waals surface area contributed by atoms with E-state index in [4.69, 9.17) is 4.98 Å². The topological polar surface area (TPSA) is 17.8 Å². The Morgan fingerprint density at radius 2 is 0.688 bits per heavy atom. The van der Waals surface area contributed by atoms with Gasteiger partial charge in [0.25, 0.3) is 0 Å². The monoisotopic (exact) mass is 804 g/mol. The van der Waals surface area contributed by atoms with Crippen LogP contribution in [-0.4, -0.2) is 112 Å². The summed E-state index contributed by atoms with van der Waals surface area (Å²) in [7, 11) is 30.1. The molecule has 9 aromatic carbocycles. The Morgan fingerprint density at radius 1 is 0.312 bits per heavy atom. The van der Waals surface area contributed by atoms with E-state index in [9.17, 15) is 0 Å². The molecule has 0 unspecified atom stereocenters. The maximum Gasteiger partial charge on any atom is 0.145 e. The first-order valence-corrected chi connectivity index (χ1v) is 22.9. The third-order valence-electron chi connectivity index (χ3n) is 15.8. The van der Waals surface area contributed by atoms with Gasteiger partial charge in [-0.1, -0.05) is 124 Å². The molecule has 0 saturated heterocycles. The van der Waals surface area contributed by atoms with Gasteiger partial charge >= 0.3 is 0 Å². The van der Waals surface area contributed by atoms with Gasteiger partial charge in [0.1, 0.15) is 108 Å². The molecule has 0 amide bonds. The first-order chi connectivity index (χ1) is 30.7. The quantitative estimate of drug-likeness (QED) is 0.125.